The maximum atomic E-state index is 13.3. The second kappa shape index (κ2) is 12.3. The van der Waals surface area contributed by atoms with Gasteiger partial charge in [-0.3, -0.25) is 18.9 Å². The molecule has 0 aliphatic rings. The Morgan fingerprint density at radius 2 is 1.67 bits per heavy atom. The molecule has 0 atom stereocenters. The van der Waals surface area contributed by atoms with E-state index in [1.807, 2.05) is 0 Å². The number of carbonyl (C=O) groups is 2. The zero-order valence-corrected chi connectivity index (χ0v) is 22.4. The van der Waals surface area contributed by atoms with Gasteiger partial charge in [-0.15, -0.1) is 0 Å². The van der Waals surface area contributed by atoms with E-state index in [-0.39, 0.29) is 16.5 Å². The highest BCUT2D eigenvalue weighted by Gasteiger charge is 2.27. The van der Waals surface area contributed by atoms with E-state index in [0.717, 1.165) is 4.31 Å². The number of hydrogen-bond donors (Lipinski definition) is 2. The predicted molar refractivity (Wildman–Crippen MR) is 151 cm³/mol. The van der Waals surface area contributed by atoms with Crippen molar-refractivity contribution in [2.45, 2.75) is 11.8 Å². The monoisotopic (exact) mass is 561 g/mol. The molecule has 1 aromatic heterocycles. The second-order valence-electron chi connectivity index (χ2n) is 8.31. The molecule has 39 heavy (non-hydrogen) atoms. The summed E-state index contributed by atoms with van der Waals surface area (Å²) in [6.07, 6.45) is 2.88. The van der Waals surface area contributed by atoms with Gasteiger partial charge in [0.25, 0.3) is 21.8 Å². The number of carbonyl (C=O) groups excluding carboxylic acids is 2. The lowest BCUT2D eigenvalue weighted by molar-refractivity contribution is -0.119. The summed E-state index contributed by atoms with van der Waals surface area (Å²) < 4.78 is 27.6. The third-order valence-corrected chi connectivity index (χ3v) is 7.55. The third-order valence-electron chi connectivity index (χ3n) is 5.53. The number of sulfonamides is 1. The Hall–Kier alpha value is -4.54. The molecule has 0 radical (unpaired) electrons. The molecule has 11 heteroatoms. The minimum Gasteiger partial charge on any atom is -0.322 e. The van der Waals surface area contributed by atoms with Crippen LogP contribution in [0.25, 0.3) is 0 Å². The van der Waals surface area contributed by atoms with Crippen molar-refractivity contribution in [3.05, 3.63) is 120 Å². The SMILES string of the molecule is C/C(=N/NC(=O)CN(c1cccnc1)S(=O)(=O)c1ccccc1)c1cccc(NC(=O)c2cccc(Cl)c2)c1. The summed E-state index contributed by atoms with van der Waals surface area (Å²) in [5.41, 5.74) is 4.67. The highest BCUT2D eigenvalue weighted by Crippen LogP contribution is 2.22. The average molecular weight is 562 g/mol. The van der Waals surface area contributed by atoms with E-state index >= 15 is 0 Å². The first-order valence-corrected chi connectivity index (χ1v) is 13.5. The predicted octanol–water partition coefficient (Wildman–Crippen LogP) is 4.72. The van der Waals surface area contributed by atoms with Crippen LogP contribution < -0.4 is 15.0 Å². The van der Waals surface area contributed by atoms with E-state index in [1.165, 1.54) is 24.5 Å². The Morgan fingerprint density at radius 1 is 0.923 bits per heavy atom. The van der Waals surface area contributed by atoms with Crippen LogP contribution in [0.4, 0.5) is 11.4 Å². The van der Waals surface area contributed by atoms with E-state index in [2.05, 4.69) is 20.8 Å². The fraction of sp³-hybridized carbons (Fsp3) is 0.0714. The Bertz CT molecular complexity index is 1610. The van der Waals surface area contributed by atoms with Gasteiger partial charge < -0.3 is 5.32 Å². The Morgan fingerprint density at radius 3 is 2.38 bits per heavy atom. The lowest BCUT2D eigenvalue weighted by Gasteiger charge is -2.23. The van der Waals surface area contributed by atoms with Crippen LogP contribution in [0, 0.1) is 0 Å². The molecular formula is C28H24ClN5O4S. The summed E-state index contributed by atoms with van der Waals surface area (Å²) in [7, 11) is -4.05. The standard InChI is InChI=1S/C28H24ClN5O4S/c1-20(21-8-6-11-24(17-21)31-28(36)22-9-5-10-23(29)16-22)32-33-27(35)19-34(25-12-7-15-30-18-25)39(37,38)26-13-3-2-4-14-26/h2-18H,19H2,1H3,(H,31,36)(H,33,35)/b32-20-. The topological polar surface area (TPSA) is 121 Å². The summed E-state index contributed by atoms with van der Waals surface area (Å²) in [5.74, 6) is -0.976. The fourth-order valence-electron chi connectivity index (χ4n) is 3.57. The first-order chi connectivity index (χ1) is 18.7. The summed E-state index contributed by atoms with van der Waals surface area (Å²) in [4.78, 5) is 29.4. The summed E-state index contributed by atoms with van der Waals surface area (Å²) in [5, 5.41) is 7.39. The van der Waals surface area contributed by atoms with Crippen LogP contribution in [0.3, 0.4) is 0 Å². The van der Waals surface area contributed by atoms with E-state index in [9.17, 15) is 18.0 Å². The molecule has 0 saturated carbocycles. The molecule has 0 fully saturated rings. The van der Waals surface area contributed by atoms with Gasteiger partial charge in [0.15, 0.2) is 0 Å². The quantitative estimate of drug-likeness (QED) is 0.226. The highest BCUT2D eigenvalue weighted by atomic mass is 35.5. The van der Waals surface area contributed by atoms with Gasteiger partial charge in [0.05, 0.1) is 22.5 Å². The van der Waals surface area contributed by atoms with Crippen molar-refractivity contribution in [2.24, 2.45) is 5.10 Å². The zero-order chi connectivity index (χ0) is 27.8. The number of nitrogens with zero attached hydrogens (tertiary/aromatic N) is 3. The summed E-state index contributed by atoms with van der Waals surface area (Å²) in [6, 6.07) is 24.5. The number of pyridine rings is 1. The number of nitrogens with one attached hydrogen (secondary N) is 2. The Balaban J connectivity index is 1.48. The van der Waals surface area contributed by atoms with E-state index in [1.54, 1.807) is 85.8 Å². The maximum Gasteiger partial charge on any atom is 0.264 e. The molecule has 0 bridgehead atoms. The first-order valence-electron chi connectivity index (χ1n) is 11.7. The Kier molecular flexibility index (Phi) is 8.70. The van der Waals surface area contributed by atoms with Crippen LogP contribution >= 0.6 is 11.6 Å². The van der Waals surface area contributed by atoms with Crippen molar-refractivity contribution in [3.8, 4) is 0 Å². The van der Waals surface area contributed by atoms with Gasteiger partial charge in [0.1, 0.15) is 6.54 Å². The minimum atomic E-state index is -4.05. The van der Waals surface area contributed by atoms with Crippen LogP contribution in [0.5, 0.6) is 0 Å². The van der Waals surface area contributed by atoms with Crippen LogP contribution in [0.2, 0.25) is 5.02 Å². The molecular weight excluding hydrogens is 538 g/mol. The van der Waals surface area contributed by atoms with E-state index in [4.69, 9.17) is 11.6 Å². The van der Waals surface area contributed by atoms with Gasteiger partial charge in [-0.1, -0.05) is 48.0 Å². The molecule has 1 heterocycles. The van der Waals surface area contributed by atoms with Gasteiger partial charge in [-0.2, -0.15) is 5.10 Å². The van der Waals surface area contributed by atoms with Crippen LogP contribution in [-0.4, -0.2) is 37.5 Å². The molecule has 0 saturated heterocycles. The average Bonchev–Trinajstić information content (AvgIpc) is 2.95. The van der Waals surface area contributed by atoms with E-state index < -0.39 is 22.5 Å². The molecule has 2 N–H and O–H groups in total. The molecule has 2 amide bonds. The second-order valence-corrected chi connectivity index (χ2v) is 10.6. The first kappa shape index (κ1) is 27.5. The van der Waals surface area contributed by atoms with Crippen molar-refractivity contribution in [2.75, 3.05) is 16.2 Å². The lowest BCUT2D eigenvalue weighted by Crippen LogP contribution is -2.39. The van der Waals surface area contributed by atoms with Crippen LogP contribution in [-0.2, 0) is 14.8 Å². The van der Waals surface area contributed by atoms with Gasteiger partial charge in [-0.05, 0) is 67.1 Å². The van der Waals surface area contributed by atoms with E-state index in [0.29, 0.717) is 27.5 Å². The fourth-order valence-corrected chi connectivity index (χ4v) is 5.19. The molecule has 0 aliphatic carbocycles. The minimum absolute atomic E-state index is 0.0398. The lowest BCUT2D eigenvalue weighted by atomic mass is 10.1. The molecule has 0 spiro atoms. The summed E-state index contributed by atoms with van der Waals surface area (Å²) >= 11 is 5.97. The van der Waals surface area contributed by atoms with Gasteiger partial charge in [0.2, 0.25) is 0 Å². The van der Waals surface area contributed by atoms with Crippen molar-refractivity contribution < 1.29 is 18.0 Å². The number of hydrazone groups is 1. The van der Waals surface area contributed by atoms with Crippen molar-refractivity contribution >= 4 is 50.5 Å². The molecule has 0 unspecified atom stereocenters. The number of amides is 2. The van der Waals surface area contributed by atoms with Crippen LogP contribution in [0.1, 0.15) is 22.8 Å². The zero-order valence-electron chi connectivity index (χ0n) is 20.8. The molecule has 9 nitrogen and oxygen atoms in total. The molecule has 198 valence electrons. The number of aromatic nitrogens is 1. The number of hydrogen-bond acceptors (Lipinski definition) is 6. The van der Waals surface area contributed by atoms with Gasteiger partial charge >= 0.3 is 0 Å². The molecule has 0 aliphatic heterocycles. The largest absolute Gasteiger partial charge is 0.322 e. The van der Waals surface area contributed by atoms with Gasteiger partial charge in [0, 0.05) is 22.5 Å². The molecule has 4 rings (SSSR count). The van der Waals surface area contributed by atoms with Crippen molar-refractivity contribution in [1.29, 1.82) is 0 Å². The molecule has 3 aromatic carbocycles. The molecule has 4 aromatic rings. The smallest absolute Gasteiger partial charge is 0.264 e. The van der Waals surface area contributed by atoms with Gasteiger partial charge in [-0.25, -0.2) is 13.8 Å². The summed E-state index contributed by atoms with van der Waals surface area (Å²) in [6.45, 7) is 1.16. The number of rotatable bonds is 9. The third kappa shape index (κ3) is 7.07. The Labute approximate surface area is 231 Å². The highest BCUT2D eigenvalue weighted by molar-refractivity contribution is 7.92. The van der Waals surface area contributed by atoms with Crippen LogP contribution in [0.15, 0.2) is 113 Å². The number of anilines is 2. The van der Waals surface area contributed by atoms with Crippen molar-refractivity contribution in [3.63, 3.8) is 0 Å². The number of halogens is 1. The van der Waals surface area contributed by atoms with Crippen molar-refractivity contribution in [1.82, 2.24) is 10.4 Å². The normalized spacial score (nSPS) is 11.5. The number of benzene rings is 3. The maximum absolute atomic E-state index is 13.3.